The van der Waals surface area contributed by atoms with E-state index < -0.39 is 11.9 Å². The maximum atomic E-state index is 11.6. The zero-order valence-electron chi connectivity index (χ0n) is 12.5. The Bertz CT molecular complexity index is 688. The van der Waals surface area contributed by atoms with Gasteiger partial charge in [-0.15, -0.1) is 0 Å². The molecule has 0 atom stereocenters. The molecular weight excluding hydrogens is 318 g/mol. The molecule has 0 bridgehead atoms. The maximum Gasteiger partial charge on any atom is 0.344 e. The summed E-state index contributed by atoms with van der Waals surface area (Å²) in [5.41, 5.74) is 1.45. The van der Waals surface area contributed by atoms with Crippen LogP contribution in [-0.4, -0.2) is 25.1 Å². The molecule has 5 nitrogen and oxygen atoms in total. The Morgan fingerprint density at radius 3 is 2.52 bits per heavy atom. The number of hydrogen-bond donors (Lipinski definition) is 1. The van der Waals surface area contributed by atoms with Crippen LogP contribution in [0.2, 0.25) is 5.02 Å². The van der Waals surface area contributed by atoms with E-state index in [1.54, 1.807) is 42.5 Å². The highest BCUT2D eigenvalue weighted by molar-refractivity contribution is 6.30. The molecule has 0 aliphatic heterocycles. The van der Waals surface area contributed by atoms with Crippen LogP contribution in [0.5, 0.6) is 5.75 Å². The Kier molecular flexibility index (Phi) is 6.00. The van der Waals surface area contributed by atoms with E-state index in [1.165, 1.54) is 0 Å². The summed E-state index contributed by atoms with van der Waals surface area (Å²) in [6.07, 6.45) is 0. The topological polar surface area (TPSA) is 64.6 Å². The van der Waals surface area contributed by atoms with Crippen molar-refractivity contribution >= 4 is 29.2 Å². The van der Waals surface area contributed by atoms with Crippen LogP contribution in [0, 0.1) is 6.92 Å². The number of para-hydroxylation sites is 1. The van der Waals surface area contributed by atoms with Crippen molar-refractivity contribution in [3.63, 3.8) is 0 Å². The number of amides is 1. The van der Waals surface area contributed by atoms with Crippen LogP contribution in [0.1, 0.15) is 5.56 Å². The third kappa shape index (κ3) is 5.64. The van der Waals surface area contributed by atoms with E-state index in [0.29, 0.717) is 16.5 Å². The first kappa shape index (κ1) is 16.8. The van der Waals surface area contributed by atoms with Crippen LogP contribution in [0.25, 0.3) is 0 Å². The highest BCUT2D eigenvalue weighted by Crippen LogP contribution is 2.21. The molecule has 1 amide bonds. The minimum Gasteiger partial charge on any atom is -0.482 e. The number of carbonyl (C=O) groups excluding carboxylic acids is 2. The first-order chi connectivity index (χ1) is 11.0. The van der Waals surface area contributed by atoms with Gasteiger partial charge in [-0.25, -0.2) is 4.79 Å². The predicted molar refractivity (Wildman–Crippen MR) is 87.7 cm³/mol. The largest absolute Gasteiger partial charge is 0.482 e. The lowest BCUT2D eigenvalue weighted by Crippen LogP contribution is -2.23. The van der Waals surface area contributed by atoms with Gasteiger partial charge < -0.3 is 14.8 Å². The molecule has 0 unspecified atom stereocenters. The first-order valence-corrected chi connectivity index (χ1v) is 7.32. The lowest BCUT2D eigenvalue weighted by Gasteiger charge is -2.09. The van der Waals surface area contributed by atoms with E-state index in [0.717, 1.165) is 5.56 Å². The standard InChI is InChI=1S/C17H16ClNO4/c1-12-9-13(18)7-8-15(12)22-11-17(21)23-10-16(20)19-14-5-3-2-4-6-14/h2-9H,10-11H2,1H3,(H,19,20). The van der Waals surface area contributed by atoms with E-state index in [-0.39, 0.29) is 13.2 Å². The van der Waals surface area contributed by atoms with Crippen LogP contribution in [0.3, 0.4) is 0 Å². The molecule has 2 aromatic rings. The van der Waals surface area contributed by atoms with Crippen LogP contribution >= 0.6 is 11.6 Å². The number of anilines is 1. The van der Waals surface area contributed by atoms with Gasteiger partial charge in [0.2, 0.25) is 0 Å². The van der Waals surface area contributed by atoms with Gasteiger partial charge in [-0.05, 0) is 42.8 Å². The van der Waals surface area contributed by atoms with Gasteiger partial charge in [0.1, 0.15) is 5.75 Å². The molecule has 2 aromatic carbocycles. The number of aryl methyl sites for hydroxylation is 1. The molecule has 0 saturated carbocycles. The van der Waals surface area contributed by atoms with Gasteiger partial charge in [-0.3, -0.25) is 4.79 Å². The first-order valence-electron chi connectivity index (χ1n) is 6.94. The normalized spacial score (nSPS) is 10.0. The number of esters is 1. The van der Waals surface area contributed by atoms with E-state index in [1.807, 2.05) is 13.0 Å². The molecule has 0 aliphatic carbocycles. The summed E-state index contributed by atoms with van der Waals surface area (Å²) in [5, 5.41) is 3.21. The molecule has 0 spiro atoms. The van der Waals surface area contributed by atoms with Crippen molar-refractivity contribution in [2.45, 2.75) is 6.92 Å². The summed E-state index contributed by atoms with van der Waals surface area (Å²) >= 11 is 5.84. The van der Waals surface area contributed by atoms with Gasteiger partial charge in [0, 0.05) is 10.7 Å². The van der Waals surface area contributed by atoms with Crippen LogP contribution < -0.4 is 10.1 Å². The summed E-state index contributed by atoms with van der Waals surface area (Å²) in [7, 11) is 0. The number of carbonyl (C=O) groups is 2. The predicted octanol–water partition coefficient (Wildman–Crippen LogP) is 3.21. The smallest absolute Gasteiger partial charge is 0.344 e. The number of ether oxygens (including phenoxy) is 2. The Labute approximate surface area is 139 Å². The fourth-order valence-corrected chi connectivity index (χ4v) is 2.04. The SMILES string of the molecule is Cc1cc(Cl)ccc1OCC(=O)OCC(=O)Nc1ccccc1. The Hall–Kier alpha value is -2.53. The molecule has 0 fully saturated rings. The van der Waals surface area contributed by atoms with E-state index >= 15 is 0 Å². The molecule has 0 saturated heterocycles. The van der Waals surface area contributed by atoms with Crippen molar-refractivity contribution in [2.24, 2.45) is 0 Å². The molecule has 23 heavy (non-hydrogen) atoms. The lowest BCUT2D eigenvalue weighted by atomic mass is 10.2. The van der Waals surface area contributed by atoms with E-state index in [9.17, 15) is 9.59 Å². The second-order valence-corrected chi connectivity index (χ2v) is 5.21. The van der Waals surface area contributed by atoms with Gasteiger partial charge in [-0.1, -0.05) is 29.8 Å². The fraction of sp³-hybridized carbons (Fsp3) is 0.176. The van der Waals surface area contributed by atoms with Crippen molar-refractivity contribution in [2.75, 3.05) is 18.5 Å². The highest BCUT2D eigenvalue weighted by atomic mass is 35.5. The Morgan fingerprint density at radius 1 is 1.09 bits per heavy atom. The van der Waals surface area contributed by atoms with Gasteiger partial charge in [-0.2, -0.15) is 0 Å². The lowest BCUT2D eigenvalue weighted by molar-refractivity contribution is -0.149. The molecular formula is C17H16ClNO4. The summed E-state index contributed by atoms with van der Waals surface area (Å²) in [4.78, 5) is 23.2. The number of hydrogen-bond acceptors (Lipinski definition) is 4. The summed E-state index contributed by atoms with van der Waals surface area (Å²) in [5.74, 6) is -0.491. The molecule has 0 radical (unpaired) electrons. The van der Waals surface area contributed by atoms with E-state index in [4.69, 9.17) is 21.1 Å². The molecule has 6 heteroatoms. The summed E-state index contributed by atoms with van der Waals surface area (Å²) in [6, 6.07) is 14.0. The zero-order valence-corrected chi connectivity index (χ0v) is 13.3. The van der Waals surface area contributed by atoms with Crippen molar-refractivity contribution in [1.29, 1.82) is 0 Å². The maximum absolute atomic E-state index is 11.6. The van der Waals surface area contributed by atoms with Gasteiger partial charge in [0.25, 0.3) is 5.91 Å². The molecule has 1 N–H and O–H groups in total. The van der Waals surface area contributed by atoms with Crippen molar-refractivity contribution in [1.82, 2.24) is 0 Å². The summed E-state index contributed by atoms with van der Waals surface area (Å²) in [6.45, 7) is 1.18. The molecule has 120 valence electrons. The quantitative estimate of drug-likeness (QED) is 0.824. The fourth-order valence-electron chi connectivity index (χ4n) is 1.82. The van der Waals surface area contributed by atoms with Crippen molar-refractivity contribution in [3.8, 4) is 5.75 Å². The minimum absolute atomic E-state index is 0.277. The van der Waals surface area contributed by atoms with Gasteiger partial charge in [0.15, 0.2) is 13.2 Å². The Balaban J connectivity index is 1.73. The third-order valence-electron chi connectivity index (χ3n) is 2.90. The van der Waals surface area contributed by atoms with Crippen molar-refractivity contribution < 1.29 is 19.1 Å². The highest BCUT2D eigenvalue weighted by Gasteiger charge is 2.09. The monoisotopic (exact) mass is 333 g/mol. The number of nitrogens with one attached hydrogen (secondary N) is 1. The number of halogens is 1. The third-order valence-corrected chi connectivity index (χ3v) is 3.14. The second kappa shape index (κ2) is 8.19. The zero-order chi connectivity index (χ0) is 16.7. The van der Waals surface area contributed by atoms with Crippen LogP contribution in [0.15, 0.2) is 48.5 Å². The van der Waals surface area contributed by atoms with Crippen molar-refractivity contribution in [3.05, 3.63) is 59.1 Å². The summed E-state index contributed by atoms with van der Waals surface area (Å²) < 4.78 is 10.2. The Morgan fingerprint density at radius 2 is 1.83 bits per heavy atom. The van der Waals surface area contributed by atoms with Gasteiger partial charge >= 0.3 is 5.97 Å². The molecule has 0 aliphatic rings. The van der Waals surface area contributed by atoms with Gasteiger partial charge in [0.05, 0.1) is 0 Å². The minimum atomic E-state index is -0.623. The average molecular weight is 334 g/mol. The van der Waals surface area contributed by atoms with E-state index in [2.05, 4.69) is 5.32 Å². The van der Waals surface area contributed by atoms with Crippen LogP contribution in [0.4, 0.5) is 5.69 Å². The second-order valence-electron chi connectivity index (χ2n) is 4.77. The number of rotatable bonds is 6. The average Bonchev–Trinajstić information content (AvgIpc) is 2.53. The number of benzene rings is 2. The molecule has 0 heterocycles. The van der Waals surface area contributed by atoms with Crippen LogP contribution in [-0.2, 0) is 14.3 Å². The molecule has 2 rings (SSSR count). The molecule has 0 aromatic heterocycles.